The summed E-state index contributed by atoms with van der Waals surface area (Å²) in [5.41, 5.74) is 1.89. The molecule has 24 heavy (non-hydrogen) atoms. The van der Waals surface area contributed by atoms with Gasteiger partial charge < -0.3 is 14.8 Å². The van der Waals surface area contributed by atoms with Crippen molar-refractivity contribution in [2.24, 2.45) is 0 Å². The first-order valence-corrected chi connectivity index (χ1v) is 8.11. The number of rotatable bonds is 6. The molecule has 1 aliphatic rings. The average molecular weight is 325 g/mol. The lowest BCUT2D eigenvalue weighted by atomic mass is 10.2. The van der Waals surface area contributed by atoms with E-state index in [1.54, 1.807) is 10.8 Å². The van der Waals surface area contributed by atoms with Crippen LogP contribution in [0.5, 0.6) is 5.75 Å². The standard InChI is InChI=1S/C17H19N5O2/c1-2-15(23-9-1)11-24-14-5-3-13(4-6-14)10-18-16-7-8-17-20-19-12-22(17)21-16/h3-8,12,15H,1-2,9-11H2,(H,18,21)/t15-/m0/s1. The normalized spacial score (nSPS) is 17.2. The van der Waals surface area contributed by atoms with Crippen molar-refractivity contribution in [1.82, 2.24) is 19.8 Å². The monoisotopic (exact) mass is 325 g/mol. The van der Waals surface area contributed by atoms with Crippen molar-refractivity contribution in [2.75, 3.05) is 18.5 Å². The SMILES string of the molecule is c1cc(OC[C@@H]2CCCO2)ccc1CNc1ccc2nncn2n1. The number of benzene rings is 1. The predicted octanol–water partition coefficient (Wildman–Crippen LogP) is 2.29. The minimum atomic E-state index is 0.241. The Kier molecular flexibility index (Phi) is 4.24. The Morgan fingerprint density at radius 1 is 1.21 bits per heavy atom. The maximum atomic E-state index is 5.77. The second-order valence-electron chi connectivity index (χ2n) is 5.80. The molecule has 0 radical (unpaired) electrons. The van der Waals surface area contributed by atoms with Gasteiger partial charge in [0.25, 0.3) is 0 Å². The molecule has 1 saturated heterocycles. The van der Waals surface area contributed by atoms with Gasteiger partial charge in [-0.1, -0.05) is 12.1 Å². The fourth-order valence-electron chi connectivity index (χ4n) is 2.68. The molecule has 0 unspecified atom stereocenters. The van der Waals surface area contributed by atoms with Crippen LogP contribution in [0, 0.1) is 0 Å². The first-order valence-electron chi connectivity index (χ1n) is 8.11. The highest BCUT2D eigenvalue weighted by Gasteiger charge is 2.15. The molecule has 1 aliphatic heterocycles. The third-order valence-electron chi connectivity index (χ3n) is 4.02. The van der Waals surface area contributed by atoms with Crippen LogP contribution in [0.2, 0.25) is 0 Å². The highest BCUT2D eigenvalue weighted by atomic mass is 16.5. The average Bonchev–Trinajstić information content (AvgIpc) is 3.30. The van der Waals surface area contributed by atoms with Gasteiger partial charge in [0.1, 0.15) is 24.5 Å². The lowest BCUT2D eigenvalue weighted by Gasteiger charge is -2.12. The first-order chi connectivity index (χ1) is 11.9. The van der Waals surface area contributed by atoms with Gasteiger partial charge in [-0.15, -0.1) is 15.3 Å². The Hall–Kier alpha value is -2.67. The molecule has 3 heterocycles. The molecule has 3 aromatic rings. The molecule has 124 valence electrons. The smallest absolute Gasteiger partial charge is 0.177 e. The predicted molar refractivity (Wildman–Crippen MR) is 89.0 cm³/mol. The number of anilines is 1. The molecule has 0 amide bonds. The Bertz CT molecular complexity index is 796. The zero-order chi connectivity index (χ0) is 16.2. The van der Waals surface area contributed by atoms with Gasteiger partial charge >= 0.3 is 0 Å². The van der Waals surface area contributed by atoms with E-state index in [9.17, 15) is 0 Å². The Morgan fingerprint density at radius 2 is 2.12 bits per heavy atom. The molecule has 1 atom stereocenters. The van der Waals surface area contributed by atoms with Crippen molar-refractivity contribution < 1.29 is 9.47 Å². The molecule has 0 bridgehead atoms. The van der Waals surface area contributed by atoms with Gasteiger partial charge in [0, 0.05) is 13.2 Å². The van der Waals surface area contributed by atoms with Gasteiger partial charge in [-0.25, -0.2) is 0 Å². The topological polar surface area (TPSA) is 73.6 Å². The van der Waals surface area contributed by atoms with Crippen molar-refractivity contribution in [2.45, 2.75) is 25.5 Å². The number of nitrogens with zero attached hydrogens (tertiary/aromatic N) is 4. The summed E-state index contributed by atoms with van der Waals surface area (Å²) >= 11 is 0. The zero-order valence-corrected chi connectivity index (χ0v) is 13.3. The van der Waals surface area contributed by atoms with E-state index in [4.69, 9.17) is 9.47 Å². The van der Waals surface area contributed by atoms with Gasteiger partial charge in [0.2, 0.25) is 0 Å². The van der Waals surface area contributed by atoms with E-state index >= 15 is 0 Å². The van der Waals surface area contributed by atoms with Gasteiger partial charge in [0.05, 0.1) is 6.10 Å². The van der Waals surface area contributed by atoms with Gasteiger partial charge in [-0.2, -0.15) is 4.52 Å². The quantitative estimate of drug-likeness (QED) is 0.749. The number of nitrogens with one attached hydrogen (secondary N) is 1. The summed E-state index contributed by atoms with van der Waals surface area (Å²) in [6, 6.07) is 11.8. The zero-order valence-electron chi connectivity index (χ0n) is 13.3. The van der Waals surface area contributed by atoms with Gasteiger partial charge in [-0.05, 0) is 42.7 Å². The van der Waals surface area contributed by atoms with Crippen molar-refractivity contribution in [3.63, 3.8) is 0 Å². The third kappa shape index (κ3) is 3.46. The molecular weight excluding hydrogens is 306 g/mol. The van der Waals surface area contributed by atoms with Crippen LogP contribution in [0.1, 0.15) is 18.4 Å². The summed E-state index contributed by atoms with van der Waals surface area (Å²) < 4.78 is 13.0. The van der Waals surface area contributed by atoms with E-state index in [1.165, 1.54) is 0 Å². The third-order valence-corrected chi connectivity index (χ3v) is 4.02. The van der Waals surface area contributed by atoms with Crippen LogP contribution < -0.4 is 10.1 Å². The Labute approximate surface area is 139 Å². The molecular formula is C17H19N5O2. The Balaban J connectivity index is 1.31. The van der Waals surface area contributed by atoms with Crippen LogP contribution >= 0.6 is 0 Å². The van der Waals surface area contributed by atoms with Crippen molar-refractivity contribution in [1.29, 1.82) is 0 Å². The second-order valence-corrected chi connectivity index (χ2v) is 5.80. The Morgan fingerprint density at radius 3 is 2.96 bits per heavy atom. The highest BCUT2D eigenvalue weighted by molar-refractivity contribution is 5.43. The van der Waals surface area contributed by atoms with Crippen LogP contribution in [-0.2, 0) is 11.3 Å². The van der Waals surface area contributed by atoms with Crippen LogP contribution in [-0.4, -0.2) is 39.1 Å². The van der Waals surface area contributed by atoms with Gasteiger partial charge in [0.15, 0.2) is 5.65 Å². The molecule has 0 saturated carbocycles. The van der Waals surface area contributed by atoms with Crippen LogP contribution in [0.15, 0.2) is 42.7 Å². The van der Waals surface area contributed by atoms with Crippen LogP contribution in [0.4, 0.5) is 5.82 Å². The first kappa shape index (κ1) is 14.9. The molecule has 7 nitrogen and oxygen atoms in total. The molecule has 7 heteroatoms. The van der Waals surface area contributed by atoms with Crippen molar-refractivity contribution >= 4 is 11.5 Å². The molecule has 2 aromatic heterocycles. The lowest BCUT2D eigenvalue weighted by molar-refractivity contribution is 0.0679. The van der Waals surface area contributed by atoms with Crippen molar-refractivity contribution in [3.05, 3.63) is 48.3 Å². The van der Waals surface area contributed by atoms with E-state index in [0.29, 0.717) is 13.2 Å². The van der Waals surface area contributed by atoms with Crippen molar-refractivity contribution in [3.8, 4) is 5.75 Å². The summed E-state index contributed by atoms with van der Waals surface area (Å²) in [4.78, 5) is 0. The molecule has 4 rings (SSSR count). The number of aromatic nitrogens is 4. The van der Waals surface area contributed by atoms with E-state index in [-0.39, 0.29) is 6.10 Å². The van der Waals surface area contributed by atoms with E-state index in [2.05, 4.69) is 32.7 Å². The summed E-state index contributed by atoms with van der Waals surface area (Å²) in [5.74, 6) is 1.65. The van der Waals surface area contributed by atoms with E-state index in [0.717, 1.165) is 42.2 Å². The maximum absolute atomic E-state index is 5.77. The molecule has 1 N–H and O–H groups in total. The summed E-state index contributed by atoms with van der Waals surface area (Å²) in [6.45, 7) is 2.17. The number of ether oxygens (including phenoxy) is 2. The number of hydrogen-bond donors (Lipinski definition) is 1. The number of hydrogen-bond acceptors (Lipinski definition) is 6. The molecule has 1 fully saturated rings. The van der Waals surface area contributed by atoms with E-state index < -0.39 is 0 Å². The second kappa shape index (κ2) is 6.84. The minimum Gasteiger partial charge on any atom is -0.491 e. The fourth-order valence-corrected chi connectivity index (χ4v) is 2.68. The molecule has 0 spiro atoms. The largest absolute Gasteiger partial charge is 0.491 e. The summed E-state index contributed by atoms with van der Waals surface area (Å²) in [7, 11) is 0. The summed E-state index contributed by atoms with van der Waals surface area (Å²) in [5, 5.41) is 15.4. The van der Waals surface area contributed by atoms with Crippen LogP contribution in [0.25, 0.3) is 5.65 Å². The highest BCUT2D eigenvalue weighted by Crippen LogP contribution is 2.17. The minimum absolute atomic E-state index is 0.241. The maximum Gasteiger partial charge on any atom is 0.177 e. The molecule has 1 aromatic carbocycles. The van der Waals surface area contributed by atoms with Gasteiger partial charge in [-0.3, -0.25) is 0 Å². The lowest BCUT2D eigenvalue weighted by Crippen LogP contribution is -2.16. The van der Waals surface area contributed by atoms with E-state index in [1.807, 2.05) is 24.3 Å². The van der Waals surface area contributed by atoms with Crippen LogP contribution in [0.3, 0.4) is 0 Å². The molecule has 0 aliphatic carbocycles. The fraction of sp³-hybridized carbons (Fsp3) is 0.353. The summed E-state index contributed by atoms with van der Waals surface area (Å²) in [6.07, 6.45) is 4.05. The number of fused-ring (bicyclic) bond motifs is 1.